The van der Waals surface area contributed by atoms with Gasteiger partial charge in [0.25, 0.3) is 5.89 Å². The molecule has 0 fully saturated rings. The molecule has 1 aromatic carbocycles. The Kier molecular flexibility index (Phi) is 3.32. The van der Waals surface area contributed by atoms with Crippen molar-refractivity contribution < 1.29 is 4.52 Å². The molecule has 0 atom stereocenters. The van der Waals surface area contributed by atoms with E-state index in [0.717, 1.165) is 22.3 Å². The van der Waals surface area contributed by atoms with Crippen molar-refractivity contribution in [1.29, 1.82) is 5.26 Å². The highest BCUT2D eigenvalue weighted by molar-refractivity contribution is 7.08. The van der Waals surface area contributed by atoms with E-state index in [0.29, 0.717) is 18.1 Å². The minimum absolute atomic E-state index is 0.325. The number of aryl methyl sites for hydroxylation is 1. The smallest absolute Gasteiger partial charge is 0.258 e. The van der Waals surface area contributed by atoms with Gasteiger partial charge in [0.05, 0.1) is 12.5 Å². The highest BCUT2D eigenvalue weighted by atomic mass is 32.1. The summed E-state index contributed by atoms with van der Waals surface area (Å²) >= 11 is 1.61. The number of nitrogens with zero attached hydrogens (tertiary/aromatic N) is 3. The fraction of sp³-hybridized carbons (Fsp3) is 0.133. The summed E-state index contributed by atoms with van der Waals surface area (Å²) in [5.74, 6) is 1.04. The van der Waals surface area contributed by atoms with E-state index in [-0.39, 0.29) is 0 Å². The molecular formula is C15H11N3OS. The number of nitriles is 1. The molecule has 3 rings (SSSR count). The largest absolute Gasteiger partial charge is 0.334 e. The van der Waals surface area contributed by atoms with Crippen LogP contribution in [0.4, 0.5) is 0 Å². The van der Waals surface area contributed by atoms with Gasteiger partial charge in [-0.05, 0) is 29.5 Å². The summed E-state index contributed by atoms with van der Waals surface area (Å²) in [5.41, 5.74) is 3.84. The van der Waals surface area contributed by atoms with Gasteiger partial charge in [-0.15, -0.1) is 0 Å². The molecule has 0 N–H and O–H groups in total. The summed E-state index contributed by atoms with van der Waals surface area (Å²) in [6.45, 7) is 2.02. The molecule has 0 bridgehead atoms. The second-order valence-electron chi connectivity index (χ2n) is 4.38. The van der Waals surface area contributed by atoms with Gasteiger partial charge in [0.1, 0.15) is 0 Å². The van der Waals surface area contributed by atoms with Gasteiger partial charge in [0, 0.05) is 16.5 Å². The second-order valence-corrected chi connectivity index (χ2v) is 5.13. The van der Waals surface area contributed by atoms with Crippen LogP contribution in [0.2, 0.25) is 0 Å². The monoisotopic (exact) mass is 281 g/mol. The molecule has 0 radical (unpaired) electrons. The number of hydrogen-bond acceptors (Lipinski definition) is 5. The zero-order valence-corrected chi connectivity index (χ0v) is 11.6. The average molecular weight is 281 g/mol. The quantitative estimate of drug-likeness (QED) is 0.731. The van der Waals surface area contributed by atoms with E-state index in [1.807, 2.05) is 36.6 Å². The highest BCUT2D eigenvalue weighted by Gasteiger charge is 2.15. The van der Waals surface area contributed by atoms with Crippen molar-refractivity contribution in [3.05, 3.63) is 46.2 Å². The molecule has 0 amide bonds. The van der Waals surface area contributed by atoms with E-state index in [4.69, 9.17) is 9.78 Å². The van der Waals surface area contributed by atoms with Gasteiger partial charge in [0.2, 0.25) is 5.82 Å². The summed E-state index contributed by atoms with van der Waals surface area (Å²) < 4.78 is 5.35. The van der Waals surface area contributed by atoms with E-state index in [1.165, 1.54) is 0 Å². The lowest BCUT2D eigenvalue weighted by atomic mass is 10.1. The van der Waals surface area contributed by atoms with Gasteiger partial charge in [-0.2, -0.15) is 21.6 Å². The molecule has 2 aromatic heterocycles. The zero-order chi connectivity index (χ0) is 13.9. The molecule has 0 aliphatic rings. The lowest BCUT2D eigenvalue weighted by molar-refractivity contribution is 0.432. The zero-order valence-electron chi connectivity index (χ0n) is 10.8. The predicted octanol–water partition coefficient (Wildman–Crippen LogP) is 3.84. The Balaban J connectivity index is 2.03. The predicted molar refractivity (Wildman–Crippen MR) is 77.1 cm³/mol. The van der Waals surface area contributed by atoms with Crippen LogP contribution in [-0.4, -0.2) is 10.1 Å². The number of aromatic nitrogens is 2. The van der Waals surface area contributed by atoms with Gasteiger partial charge in [-0.1, -0.05) is 23.4 Å². The third kappa shape index (κ3) is 2.22. The first kappa shape index (κ1) is 12.6. The first-order chi connectivity index (χ1) is 9.79. The van der Waals surface area contributed by atoms with Crippen molar-refractivity contribution in [3.63, 3.8) is 0 Å². The van der Waals surface area contributed by atoms with Gasteiger partial charge in [0.15, 0.2) is 0 Å². The van der Waals surface area contributed by atoms with Crippen molar-refractivity contribution >= 4 is 11.3 Å². The van der Waals surface area contributed by atoms with Crippen LogP contribution in [0.15, 0.2) is 39.5 Å². The first-order valence-corrected chi connectivity index (χ1v) is 7.06. The van der Waals surface area contributed by atoms with Crippen molar-refractivity contribution in [3.8, 4) is 28.9 Å². The van der Waals surface area contributed by atoms with Crippen LogP contribution in [0, 0.1) is 18.3 Å². The molecular weight excluding hydrogens is 270 g/mol. The third-order valence-corrected chi connectivity index (χ3v) is 3.90. The molecule has 0 spiro atoms. The Hall–Kier alpha value is -2.45. The van der Waals surface area contributed by atoms with Crippen molar-refractivity contribution in [2.75, 3.05) is 0 Å². The molecule has 5 heteroatoms. The SMILES string of the molecule is Cc1cscc1-c1noc(-c2ccccc2CC#N)n1. The maximum atomic E-state index is 8.87. The fourth-order valence-electron chi connectivity index (χ4n) is 2.00. The lowest BCUT2D eigenvalue weighted by Gasteiger charge is -2.00. The maximum absolute atomic E-state index is 8.87. The minimum atomic E-state index is 0.325. The van der Waals surface area contributed by atoms with Gasteiger partial charge in [-0.3, -0.25) is 0 Å². The standard InChI is InChI=1S/C15H11N3OS/c1-10-8-20-9-13(10)14-17-15(19-18-14)12-5-3-2-4-11(12)6-7-16/h2-5,8-9H,6H2,1H3. The molecule has 0 unspecified atom stereocenters. The van der Waals surface area contributed by atoms with Crippen molar-refractivity contribution in [1.82, 2.24) is 10.1 Å². The van der Waals surface area contributed by atoms with Crippen LogP contribution in [-0.2, 0) is 6.42 Å². The Morgan fingerprint density at radius 2 is 2.10 bits per heavy atom. The fourth-order valence-corrected chi connectivity index (χ4v) is 2.83. The van der Waals surface area contributed by atoms with Crippen LogP contribution < -0.4 is 0 Å². The number of rotatable bonds is 3. The summed E-state index contributed by atoms with van der Waals surface area (Å²) in [5, 5.41) is 17.0. The second kappa shape index (κ2) is 5.27. The van der Waals surface area contributed by atoms with Crippen molar-refractivity contribution in [2.24, 2.45) is 0 Å². The van der Waals surface area contributed by atoms with E-state index >= 15 is 0 Å². The molecule has 4 nitrogen and oxygen atoms in total. The number of hydrogen-bond donors (Lipinski definition) is 0. The van der Waals surface area contributed by atoms with Crippen molar-refractivity contribution in [2.45, 2.75) is 13.3 Å². The van der Waals surface area contributed by atoms with Crippen LogP contribution in [0.1, 0.15) is 11.1 Å². The third-order valence-electron chi connectivity index (χ3n) is 3.04. The van der Waals surface area contributed by atoms with Crippen LogP contribution in [0.5, 0.6) is 0 Å². The van der Waals surface area contributed by atoms with E-state index in [1.54, 1.807) is 11.3 Å². The van der Waals surface area contributed by atoms with Crippen LogP contribution in [0.25, 0.3) is 22.8 Å². The minimum Gasteiger partial charge on any atom is -0.334 e. The molecule has 20 heavy (non-hydrogen) atoms. The molecule has 0 aliphatic heterocycles. The lowest BCUT2D eigenvalue weighted by Crippen LogP contribution is -1.88. The summed E-state index contributed by atoms with van der Waals surface area (Å²) in [7, 11) is 0. The van der Waals surface area contributed by atoms with Crippen LogP contribution in [0.3, 0.4) is 0 Å². The first-order valence-electron chi connectivity index (χ1n) is 6.11. The maximum Gasteiger partial charge on any atom is 0.258 e. The van der Waals surface area contributed by atoms with E-state index < -0.39 is 0 Å². The van der Waals surface area contributed by atoms with E-state index in [9.17, 15) is 0 Å². The van der Waals surface area contributed by atoms with Gasteiger partial charge in [-0.25, -0.2) is 0 Å². The van der Waals surface area contributed by atoms with Crippen LogP contribution >= 0.6 is 11.3 Å². The molecule has 2 heterocycles. The molecule has 0 saturated heterocycles. The molecule has 0 saturated carbocycles. The normalized spacial score (nSPS) is 10.4. The summed E-state index contributed by atoms with van der Waals surface area (Å²) in [4.78, 5) is 4.45. The number of thiophene rings is 1. The molecule has 98 valence electrons. The summed E-state index contributed by atoms with van der Waals surface area (Å²) in [6.07, 6.45) is 0.325. The Morgan fingerprint density at radius 1 is 1.25 bits per heavy atom. The average Bonchev–Trinajstić information content (AvgIpc) is 3.08. The van der Waals surface area contributed by atoms with Gasteiger partial charge >= 0.3 is 0 Å². The Morgan fingerprint density at radius 3 is 2.85 bits per heavy atom. The molecule has 3 aromatic rings. The molecule has 0 aliphatic carbocycles. The summed E-state index contributed by atoms with van der Waals surface area (Å²) in [6, 6.07) is 9.74. The highest BCUT2D eigenvalue weighted by Crippen LogP contribution is 2.28. The Labute approximate surface area is 120 Å². The van der Waals surface area contributed by atoms with Gasteiger partial charge < -0.3 is 4.52 Å². The number of benzene rings is 1. The Bertz CT molecular complexity index is 782. The topological polar surface area (TPSA) is 62.7 Å². The van der Waals surface area contributed by atoms with E-state index in [2.05, 4.69) is 21.6 Å².